The molecule has 26 heavy (non-hydrogen) atoms. The van der Waals surface area contributed by atoms with Gasteiger partial charge in [-0.15, -0.1) is 0 Å². The Morgan fingerprint density at radius 1 is 1.04 bits per heavy atom. The fraction of sp³-hybridized carbons (Fsp3) is 0.278. The number of halogens is 2. The van der Waals surface area contributed by atoms with Crippen LogP contribution in [0.3, 0.4) is 0 Å². The minimum atomic E-state index is -3.64. The number of amides is 1. The third-order valence-corrected chi connectivity index (χ3v) is 6.76. The molecule has 1 amide bonds. The van der Waals surface area contributed by atoms with E-state index in [2.05, 4.69) is 5.32 Å². The Morgan fingerprint density at radius 2 is 1.69 bits per heavy atom. The summed E-state index contributed by atoms with van der Waals surface area (Å²) in [6.45, 7) is 6.01. The summed E-state index contributed by atoms with van der Waals surface area (Å²) < 4.78 is 26.7. The van der Waals surface area contributed by atoms with E-state index in [1.54, 1.807) is 39.0 Å². The Kier molecular flexibility index (Phi) is 6.69. The molecule has 0 radical (unpaired) electrons. The minimum absolute atomic E-state index is 0.0890. The molecule has 1 N–H and O–H groups in total. The van der Waals surface area contributed by atoms with Crippen molar-refractivity contribution in [2.24, 2.45) is 0 Å². The number of sulfonamides is 1. The summed E-state index contributed by atoms with van der Waals surface area (Å²) in [6.07, 6.45) is 0. The molecule has 0 spiro atoms. The lowest BCUT2D eigenvalue weighted by Crippen LogP contribution is -2.30. The molecule has 0 heterocycles. The maximum atomic E-state index is 12.7. The fourth-order valence-corrected chi connectivity index (χ4v) is 4.27. The van der Waals surface area contributed by atoms with E-state index in [0.717, 1.165) is 0 Å². The van der Waals surface area contributed by atoms with Gasteiger partial charge >= 0.3 is 0 Å². The van der Waals surface area contributed by atoms with Gasteiger partial charge in [0.2, 0.25) is 10.0 Å². The van der Waals surface area contributed by atoms with Gasteiger partial charge in [-0.2, -0.15) is 4.31 Å². The third kappa shape index (κ3) is 4.38. The van der Waals surface area contributed by atoms with Crippen LogP contribution in [0.25, 0.3) is 0 Å². The van der Waals surface area contributed by atoms with Gasteiger partial charge in [0.25, 0.3) is 5.91 Å². The van der Waals surface area contributed by atoms with E-state index in [1.807, 2.05) is 0 Å². The molecule has 0 saturated carbocycles. The molecule has 2 rings (SSSR count). The Bertz CT molecular complexity index is 926. The monoisotopic (exact) mass is 414 g/mol. The number of carbonyl (C=O) groups is 1. The maximum Gasteiger partial charge on any atom is 0.255 e. The van der Waals surface area contributed by atoms with Crippen molar-refractivity contribution in [3.63, 3.8) is 0 Å². The lowest BCUT2D eigenvalue weighted by Gasteiger charge is -2.19. The molecule has 2 aromatic carbocycles. The highest BCUT2D eigenvalue weighted by molar-refractivity contribution is 7.89. The third-order valence-electron chi connectivity index (χ3n) is 3.97. The fourth-order valence-electron chi connectivity index (χ4n) is 2.49. The number of nitrogens with zero attached hydrogens (tertiary/aromatic N) is 1. The first-order valence-corrected chi connectivity index (χ1v) is 10.3. The summed E-state index contributed by atoms with van der Waals surface area (Å²) in [6, 6.07) is 9.27. The molecule has 0 aliphatic heterocycles. The standard InChI is InChI=1S/C18H20Cl2N2O3S/c1-4-22(5-2)26(24,25)14-8-6-12(3)15(11-14)18(23)21-13-7-9-16(19)17(20)10-13/h6-11H,4-5H2,1-3H3,(H,21,23). The number of nitrogens with one attached hydrogen (secondary N) is 1. The van der Waals surface area contributed by atoms with Gasteiger partial charge in [0, 0.05) is 24.3 Å². The molecule has 0 aromatic heterocycles. The first-order chi connectivity index (χ1) is 12.2. The summed E-state index contributed by atoms with van der Waals surface area (Å²) in [5.41, 5.74) is 1.42. The second kappa shape index (κ2) is 8.39. The van der Waals surface area contributed by atoms with E-state index >= 15 is 0 Å². The lowest BCUT2D eigenvalue weighted by atomic mass is 10.1. The number of carbonyl (C=O) groups excluding carboxylic acids is 1. The summed E-state index contributed by atoms with van der Waals surface area (Å²) in [5, 5.41) is 3.41. The number of aryl methyl sites for hydroxylation is 1. The van der Waals surface area contributed by atoms with Gasteiger partial charge in [0.05, 0.1) is 14.9 Å². The average molecular weight is 415 g/mol. The molecule has 2 aromatic rings. The number of rotatable bonds is 6. The van der Waals surface area contributed by atoms with E-state index in [0.29, 0.717) is 34.4 Å². The Hall–Kier alpha value is -1.60. The average Bonchev–Trinajstić information content (AvgIpc) is 2.59. The quantitative estimate of drug-likeness (QED) is 0.751. The molecule has 140 valence electrons. The van der Waals surface area contributed by atoms with Crippen LogP contribution in [0.4, 0.5) is 5.69 Å². The summed E-state index contributed by atoms with van der Waals surface area (Å²) >= 11 is 11.8. The topological polar surface area (TPSA) is 66.5 Å². The van der Waals surface area contributed by atoms with Crippen LogP contribution in [0.5, 0.6) is 0 Å². The van der Waals surface area contributed by atoms with E-state index in [1.165, 1.54) is 22.5 Å². The van der Waals surface area contributed by atoms with E-state index in [9.17, 15) is 13.2 Å². The van der Waals surface area contributed by atoms with Gasteiger partial charge in [-0.3, -0.25) is 4.79 Å². The summed E-state index contributed by atoms with van der Waals surface area (Å²) in [7, 11) is -3.64. The van der Waals surface area contributed by atoms with Crippen molar-refractivity contribution in [2.45, 2.75) is 25.7 Å². The Morgan fingerprint density at radius 3 is 2.27 bits per heavy atom. The van der Waals surface area contributed by atoms with Gasteiger partial charge in [-0.05, 0) is 42.8 Å². The number of benzene rings is 2. The summed E-state index contributed by atoms with van der Waals surface area (Å²) in [4.78, 5) is 12.7. The van der Waals surface area contributed by atoms with Crippen LogP contribution in [0.15, 0.2) is 41.3 Å². The molecule has 0 bridgehead atoms. The largest absolute Gasteiger partial charge is 0.322 e. The van der Waals surface area contributed by atoms with Crippen molar-refractivity contribution in [2.75, 3.05) is 18.4 Å². The number of anilines is 1. The molecule has 0 fully saturated rings. The Labute approximate surface area is 164 Å². The number of hydrogen-bond acceptors (Lipinski definition) is 3. The van der Waals surface area contributed by atoms with Crippen molar-refractivity contribution in [3.8, 4) is 0 Å². The lowest BCUT2D eigenvalue weighted by molar-refractivity contribution is 0.102. The minimum Gasteiger partial charge on any atom is -0.322 e. The highest BCUT2D eigenvalue weighted by Crippen LogP contribution is 2.26. The molecular formula is C18H20Cl2N2O3S. The van der Waals surface area contributed by atoms with Gasteiger partial charge in [0.1, 0.15) is 0 Å². The van der Waals surface area contributed by atoms with Gasteiger partial charge < -0.3 is 5.32 Å². The van der Waals surface area contributed by atoms with Crippen LogP contribution < -0.4 is 5.32 Å². The SMILES string of the molecule is CCN(CC)S(=O)(=O)c1ccc(C)c(C(=O)Nc2ccc(Cl)c(Cl)c2)c1. The number of hydrogen-bond donors (Lipinski definition) is 1. The maximum absolute atomic E-state index is 12.7. The molecule has 8 heteroatoms. The van der Waals surface area contributed by atoms with E-state index < -0.39 is 15.9 Å². The van der Waals surface area contributed by atoms with Gasteiger partial charge in [-0.1, -0.05) is 43.1 Å². The summed E-state index contributed by atoms with van der Waals surface area (Å²) in [5.74, 6) is -0.419. The van der Waals surface area contributed by atoms with Crippen LogP contribution in [0, 0.1) is 6.92 Å². The predicted molar refractivity (Wildman–Crippen MR) is 106 cm³/mol. The molecule has 0 atom stereocenters. The molecule has 0 saturated heterocycles. The van der Waals surface area contributed by atoms with Crippen LogP contribution in [0.1, 0.15) is 29.8 Å². The van der Waals surface area contributed by atoms with Crippen molar-refractivity contribution < 1.29 is 13.2 Å². The van der Waals surface area contributed by atoms with Crippen molar-refractivity contribution >= 4 is 44.8 Å². The van der Waals surface area contributed by atoms with Gasteiger partial charge in [0.15, 0.2) is 0 Å². The van der Waals surface area contributed by atoms with Crippen molar-refractivity contribution in [1.29, 1.82) is 0 Å². The second-order valence-corrected chi connectivity index (χ2v) is 8.40. The van der Waals surface area contributed by atoms with Crippen LogP contribution in [-0.4, -0.2) is 31.7 Å². The molecule has 0 unspecified atom stereocenters. The predicted octanol–water partition coefficient (Wildman–Crippen LogP) is 4.58. The van der Waals surface area contributed by atoms with E-state index in [-0.39, 0.29) is 10.5 Å². The first-order valence-electron chi connectivity index (χ1n) is 8.07. The molecular weight excluding hydrogens is 395 g/mol. The van der Waals surface area contributed by atoms with Crippen molar-refractivity contribution in [1.82, 2.24) is 4.31 Å². The smallest absolute Gasteiger partial charge is 0.255 e. The van der Waals surface area contributed by atoms with Gasteiger partial charge in [-0.25, -0.2) is 8.42 Å². The van der Waals surface area contributed by atoms with Crippen LogP contribution in [-0.2, 0) is 10.0 Å². The van der Waals surface area contributed by atoms with Crippen molar-refractivity contribution in [3.05, 3.63) is 57.6 Å². The second-order valence-electron chi connectivity index (χ2n) is 5.65. The highest BCUT2D eigenvalue weighted by atomic mass is 35.5. The highest BCUT2D eigenvalue weighted by Gasteiger charge is 2.23. The van der Waals surface area contributed by atoms with Crippen LogP contribution >= 0.6 is 23.2 Å². The molecule has 0 aliphatic rings. The normalized spacial score (nSPS) is 11.6. The first kappa shape index (κ1) is 20.7. The zero-order valence-electron chi connectivity index (χ0n) is 14.7. The Balaban J connectivity index is 2.37. The zero-order valence-corrected chi connectivity index (χ0v) is 17.0. The molecule has 5 nitrogen and oxygen atoms in total. The van der Waals surface area contributed by atoms with Crippen LogP contribution in [0.2, 0.25) is 10.0 Å². The molecule has 0 aliphatic carbocycles. The zero-order chi connectivity index (χ0) is 19.5. The van der Waals surface area contributed by atoms with E-state index in [4.69, 9.17) is 23.2 Å².